The van der Waals surface area contributed by atoms with E-state index in [1.807, 2.05) is 0 Å². The van der Waals surface area contributed by atoms with E-state index in [1.165, 1.54) is 0 Å². The largest absolute Gasteiger partial charge is 0.416 e. The lowest BCUT2D eigenvalue weighted by Gasteiger charge is -2.06. The summed E-state index contributed by atoms with van der Waals surface area (Å²) in [5.74, 6) is 0. The first-order valence-corrected chi connectivity index (χ1v) is 4.24. The molecule has 0 spiro atoms. The van der Waals surface area contributed by atoms with E-state index in [1.54, 1.807) is 0 Å². The minimum Gasteiger partial charge on any atom is -0.260 e. The molecule has 0 fully saturated rings. The molecule has 0 saturated heterocycles. The number of nitrogens with zero attached hydrogens (tertiary/aromatic N) is 1. The molecule has 1 aromatic rings. The summed E-state index contributed by atoms with van der Waals surface area (Å²) in [5, 5.41) is 0.330. The number of rotatable bonds is 1. The van der Waals surface area contributed by atoms with Crippen LogP contribution in [0.25, 0.3) is 0 Å². The molecule has 0 radical (unpaired) electrons. The van der Waals surface area contributed by atoms with Crippen molar-refractivity contribution in [1.82, 2.24) is 4.98 Å². The van der Waals surface area contributed by atoms with Crippen molar-refractivity contribution in [2.24, 2.45) is 0 Å². The highest BCUT2D eigenvalue weighted by atomic mass is 79.9. The third kappa shape index (κ3) is 3.64. The van der Waals surface area contributed by atoms with Crippen molar-refractivity contribution >= 4 is 32.9 Å². The fraction of sp³-hybridized carbons (Fsp3) is 0.286. The molecule has 0 atom stereocenters. The standard InChI is InChI=1S/C7H5BrF3N.BrH/c8-4-6-3-5(1-2-12-6)7(9,10)11;/h1-3H,4H2;1H. The first-order valence-electron chi connectivity index (χ1n) is 3.12. The molecule has 1 rings (SSSR count). The Hall–Kier alpha value is -0.100. The lowest BCUT2D eigenvalue weighted by molar-refractivity contribution is -0.137. The maximum Gasteiger partial charge on any atom is 0.416 e. The molecule has 13 heavy (non-hydrogen) atoms. The highest BCUT2D eigenvalue weighted by Crippen LogP contribution is 2.29. The van der Waals surface area contributed by atoms with Crippen LogP contribution in [0.15, 0.2) is 18.3 Å². The molecule has 0 bridgehead atoms. The van der Waals surface area contributed by atoms with E-state index in [0.29, 0.717) is 11.0 Å². The second-order valence-electron chi connectivity index (χ2n) is 2.17. The Bertz CT molecular complexity index is 275. The molecule has 6 heteroatoms. The molecule has 0 saturated carbocycles. The van der Waals surface area contributed by atoms with Gasteiger partial charge >= 0.3 is 6.18 Å². The minimum absolute atomic E-state index is 0. The summed E-state index contributed by atoms with van der Waals surface area (Å²) in [7, 11) is 0. The van der Waals surface area contributed by atoms with Gasteiger partial charge in [0.2, 0.25) is 0 Å². The van der Waals surface area contributed by atoms with Crippen LogP contribution in [0.4, 0.5) is 13.2 Å². The quantitative estimate of drug-likeness (QED) is 0.721. The van der Waals surface area contributed by atoms with Gasteiger partial charge in [0.25, 0.3) is 0 Å². The molecule has 74 valence electrons. The number of alkyl halides is 4. The van der Waals surface area contributed by atoms with Gasteiger partial charge < -0.3 is 0 Å². The number of halogens is 5. The Morgan fingerprint density at radius 3 is 2.46 bits per heavy atom. The van der Waals surface area contributed by atoms with Crippen LogP contribution < -0.4 is 0 Å². The van der Waals surface area contributed by atoms with Gasteiger partial charge in [0.15, 0.2) is 0 Å². The molecule has 0 aromatic carbocycles. The normalized spacial score (nSPS) is 10.8. The molecule has 0 unspecified atom stereocenters. The zero-order valence-corrected chi connectivity index (χ0v) is 9.61. The lowest BCUT2D eigenvalue weighted by Crippen LogP contribution is -2.05. The van der Waals surface area contributed by atoms with Crippen molar-refractivity contribution in [1.29, 1.82) is 0 Å². The molecule has 0 aliphatic heterocycles. The molecule has 0 amide bonds. The van der Waals surface area contributed by atoms with Crippen LogP contribution in [0.5, 0.6) is 0 Å². The van der Waals surface area contributed by atoms with E-state index in [-0.39, 0.29) is 17.0 Å². The number of pyridine rings is 1. The Kier molecular flexibility index (Phi) is 4.91. The number of hydrogen-bond donors (Lipinski definition) is 0. The van der Waals surface area contributed by atoms with Gasteiger partial charge in [-0.2, -0.15) is 13.2 Å². The van der Waals surface area contributed by atoms with Crippen LogP contribution in [-0.2, 0) is 11.5 Å². The van der Waals surface area contributed by atoms with Crippen molar-refractivity contribution in [3.8, 4) is 0 Å². The van der Waals surface area contributed by atoms with Gasteiger partial charge in [0.05, 0.1) is 11.3 Å². The summed E-state index contributed by atoms with van der Waals surface area (Å²) in [6, 6.07) is 1.97. The fourth-order valence-electron chi connectivity index (χ4n) is 0.728. The maximum absolute atomic E-state index is 12.1. The van der Waals surface area contributed by atoms with E-state index in [4.69, 9.17) is 0 Å². The highest BCUT2D eigenvalue weighted by molar-refractivity contribution is 9.08. The van der Waals surface area contributed by atoms with Gasteiger partial charge in [-0.1, -0.05) is 15.9 Å². The second-order valence-corrected chi connectivity index (χ2v) is 2.73. The Morgan fingerprint density at radius 1 is 1.38 bits per heavy atom. The van der Waals surface area contributed by atoms with Crippen molar-refractivity contribution in [2.45, 2.75) is 11.5 Å². The van der Waals surface area contributed by atoms with E-state index in [2.05, 4.69) is 20.9 Å². The average Bonchev–Trinajstić information content (AvgIpc) is 2.03. The summed E-state index contributed by atoms with van der Waals surface area (Å²) in [4.78, 5) is 3.72. The smallest absolute Gasteiger partial charge is 0.260 e. The summed E-state index contributed by atoms with van der Waals surface area (Å²) in [6.45, 7) is 0. The van der Waals surface area contributed by atoms with Gasteiger partial charge in [0, 0.05) is 11.5 Å². The molecule has 0 N–H and O–H groups in total. The van der Waals surface area contributed by atoms with Crippen molar-refractivity contribution in [3.63, 3.8) is 0 Å². The third-order valence-electron chi connectivity index (χ3n) is 1.28. The topological polar surface area (TPSA) is 12.9 Å². The SMILES string of the molecule is Br.FC(F)(F)c1ccnc(CBr)c1. The molecular formula is C7H6Br2F3N. The van der Waals surface area contributed by atoms with Crippen LogP contribution >= 0.6 is 32.9 Å². The third-order valence-corrected chi connectivity index (χ3v) is 1.86. The van der Waals surface area contributed by atoms with Gasteiger partial charge in [-0.3, -0.25) is 4.98 Å². The molecule has 1 aromatic heterocycles. The van der Waals surface area contributed by atoms with Gasteiger partial charge in [0.1, 0.15) is 0 Å². The van der Waals surface area contributed by atoms with Crippen LogP contribution in [-0.4, -0.2) is 4.98 Å². The van der Waals surface area contributed by atoms with Crippen LogP contribution in [0.3, 0.4) is 0 Å². The van der Waals surface area contributed by atoms with Crippen molar-refractivity contribution < 1.29 is 13.2 Å². The zero-order valence-electron chi connectivity index (χ0n) is 6.31. The predicted molar refractivity (Wildman–Crippen MR) is 52.2 cm³/mol. The van der Waals surface area contributed by atoms with Crippen LogP contribution in [0, 0.1) is 0 Å². The van der Waals surface area contributed by atoms with Gasteiger partial charge in [-0.05, 0) is 12.1 Å². The number of hydrogen-bond acceptors (Lipinski definition) is 1. The molecular weight excluding hydrogens is 315 g/mol. The van der Waals surface area contributed by atoms with Crippen LogP contribution in [0.1, 0.15) is 11.3 Å². The number of aromatic nitrogens is 1. The Morgan fingerprint density at radius 2 is 2.00 bits per heavy atom. The monoisotopic (exact) mass is 319 g/mol. The molecule has 0 aliphatic carbocycles. The van der Waals surface area contributed by atoms with Gasteiger partial charge in [-0.25, -0.2) is 0 Å². The van der Waals surface area contributed by atoms with E-state index in [9.17, 15) is 13.2 Å². The first kappa shape index (κ1) is 12.9. The van der Waals surface area contributed by atoms with Gasteiger partial charge in [-0.15, -0.1) is 17.0 Å². The molecule has 1 nitrogen and oxygen atoms in total. The summed E-state index contributed by atoms with van der Waals surface area (Å²) in [6.07, 6.45) is -3.13. The highest BCUT2D eigenvalue weighted by Gasteiger charge is 2.30. The zero-order chi connectivity index (χ0) is 9.19. The minimum atomic E-state index is -4.28. The summed E-state index contributed by atoms with van der Waals surface area (Å²) in [5.41, 5.74) is -0.281. The molecule has 0 aliphatic rings. The first-order chi connectivity index (χ1) is 5.54. The summed E-state index contributed by atoms with van der Waals surface area (Å²) < 4.78 is 36.2. The van der Waals surface area contributed by atoms with E-state index in [0.717, 1.165) is 18.3 Å². The van der Waals surface area contributed by atoms with E-state index < -0.39 is 11.7 Å². The lowest BCUT2D eigenvalue weighted by atomic mass is 10.2. The van der Waals surface area contributed by atoms with Crippen molar-refractivity contribution in [3.05, 3.63) is 29.6 Å². The fourth-order valence-corrected chi connectivity index (χ4v) is 1.03. The molecule has 1 heterocycles. The van der Waals surface area contributed by atoms with Crippen molar-refractivity contribution in [2.75, 3.05) is 0 Å². The maximum atomic E-state index is 12.1. The Balaban J connectivity index is 0.00000144. The second kappa shape index (κ2) is 4.95. The summed E-state index contributed by atoms with van der Waals surface area (Å²) >= 11 is 3.03. The van der Waals surface area contributed by atoms with Crippen LogP contribution in [0.2, 0.25) is 0 Å². The Labute approximate surface area is 92.3 Å². The van der Waals surface area contributed by atoms with E-state index >= 15 is 0 Å². The predicted octanol–water partition coefficient (Wildman–Crippen LogP) is 3.57. The average molecular weight is 321 g/mol.